The zero-order valence-corrected chi connectivity index (χ0v) is 14.0. The minimum atomic E-state index is -0.808. The van der Waals surface area contributed by atoms with E-state index in [4.69, 9.17) is 0 Å². The van der Waals surface area contributed by atoms with Gasteiger partial charge in [0.2, 0.25) is 0 Å². The average Bonchev–Trinajstić information content (AvgIpc) is 2.63. The molecule has 0 fully saturated rings. The Hall–Kier alpha value is -2.91. The van der Waals surface area contributed by atoms with E-state index >= 15 is 0 Å². The predicted octanol–water partition coefficient (Wildman–Crippen LogP) is 4.44. The van der Waals surface area contributed by atoms with Crippen LogP contribution >= 0.6 is 0 Å². The number of benzene rings is 3. The van der Waals surface area contributed by atoms with Gasteiger partial charge >= 0.3 is 5.97 Å². The molecular weight excluding hydrogens is 310 g/mol. The molecule has 3 aromatic rings. The highest BCUT2D eigenvalue weighted by atomic mass is 16.4. The molecule has 0 spiro atoms. The van der Waals surface area contributed by atoms with E-state index in [0.717, 1.165) is 16.7 Å². The standard InChI is InChI=1S/C22H21NO2/c24-22(25)17-23(15-18-7-3-1-4-8-18)16-19-11-13-21(14-12-19)20-9-5-2-6-10-20/h1-14H,15-17H2,(H,24,25). The molecule has 3 rings (SSSR count). The maximum Gasteiger partial charge on any atom is 0.317 e. The number of aliphatic carboxylic acids is 1. The molecule has 0 saturated heterocycles. The van der Waals surface area contributed by atoms with E-state index in [1.54, 1.807) is 0 Å². The van der Waals surface area contributed by atoms with Gasteiger partial charge in [-0.25, -0.2) is 0 Å². The van der Waals surface area contributed by atoms with Crippen molar-refractivity contribution in [2.24, 2.45) is 0 Å². The third-order valence-corrected chi connectivity index (χ3v) is 4.08. The Bertz CT molecular complexity index is 798. The Morgan fingerprint density at radius 2 is 1.16 bits per heavy atom. The summed E-state index contributed by atoms with van der Waals surface area (Å²) >= 11 is 0. The lowest BCUT2D eigenvalue weighted by Gasteiger charge is -2.20. The number of carboxylic acids is 1. The van der Waals surface area contributed by atoms with Crippen molar-refractivity contribution < 1.29 is 9.90 Å². The summed E-state index contributed by atoms with van der Waals surface area (Å²) in [4.78, 5) is 13.1. The molecule has 126 valence electrons. The molecule has 0 bridgehead atoms. The second kappa shape index (κ2) is 8.27. The highest BCUT2D eigenvalue weighted by molar-refractivity contribution is 5.69. The second-order valence-corrected chi connectivity index (χ2v) is 6.09. The lowest BCUT2D eigenvalue weighted by molar-refractivity contribution is -0.138. The lowest BCUT2D eigenvalue weighted by atomic mass is 10.0. The first-order valence-corrected chi connectivity index (χ1v) is 8.33. The number of carbonyl (C=O) groups is 1. The SMILES string of the molecule is O=C(O)CN(Cc1ccccc1)Cc1ccc(-c2ccccc2)cc1. The second-order valence-electron chi connectivity index (χ2n) is 6.09. The van der Waals surface area contributed by atoms with Crippen LogP contribution in [-0.4, -0.2) is 22.5 Å². The summed E-state index contributed by atoms with van der Waals surface area (Å²) < 4.78 is 0. The number of hydrogen-bond acceptors (Lipinski definition) is 2. The van der Waals surface area contributed by atoms with Crippen molar-refractivity contribution in [3.8, 4) is 11.1 Å². The van der Waals surface area contributed by atoms with Gasteiger partial charge in [-0.05, 0) is 22.3 Å². The van der Waals surface area contributed by atoms with Crippen LogP contribution in [0.4, 0.5) is 0 Å². The lowest BCUT2D eigenvalue weighted by Crippen LogP contribution is -2.28. The summed E-state index contributed by atoms with van der Waals surface area (Å²) in [6.07, 6.45) is 0. The normalized spacial score (nSPS) is 10.8. The summed E-state index contributed by atoms with van der Waals surface area (Å²) in [5, 5.41) is 9.19. The predicted molar refractivity (Wildman–Crippen MR) is 100 cm³/mol. The molecule has 3 nitrogen and oxygen atoms in total. The minimum absolute atomic E-state index is 0.0231. The third kappa shape index (κ3) is 5.03. The Morgan fingerprint density at radius 1 is 0.680 bits per heavy atom. The van der Waals surface area contributed by atoms with Gasteiger partial charge in [-0.15, -0.1) is 0 Å². The molecule has 3 heteroatoms. The smallest absolute Gasteiger partial charge is 0.317 e. The quantitative estimate of drug-likeness (QED) is 0.696. The van der Waals surface area contributed by atoms with Crippen molar-refractivity contribution in [3.05, 3.63) is 96.1 Å². The van der Waals surface area contributed by atoms with Gasteiger partial charge in [0.15, 0.2) is 0 Å². The molecule has 0 radical (unpaired) electrons. The fraction of sp³-hybridized carbons (Fsp3) is 0.136. The summed E-state index contributed by atoms with van der Waals surface area (Å²) in [7, 11) is 0. The third-order valence-electron chi connectivity index (χ3n) is 4.08. The molecule has 25 heavy (non-hydrogen) atoms. The Morgan fingerprint density at radius 3 is 1.72 bits per heavy atom. The fourth-order valence-electron chi connectivity index (χ4n) is 2.89. The zero-order valence-electron chi connectivity index (χ0n) is 14.0. The monoisotopic (exact) mass is 331 g/mol. The molecule has 0 aromatic heterocycles. The first kappa shape index (κ1) is 16.9. The number of rotatable bonds is 7. The first-order chi connectivity index (χ1) is 12.2. The van der Waals surface area contributed by atoms with Crippen LogP contribution in [0.25, 0.3) is 11.1 Å². The van der Waals surface area contributed by atoms with Crippen molar-refractivity contribution in [3.63, 3.8) is 0 Å². The maximum absolute atomic E-state index is 11.2. The van der Waals surface area contributed by atoms with Gasteiger partial charge in [0.1, 0.15) is 0 Å². The topological polar surface area (TPSA) is 40.5 Å². The molecule has 0 aliphatic carbocycles. The van der Waals surface area contributed by atoms with Crippen LogP contribution in [0, 0.1) is 0 Å². The van der Waals surface area contributed by atoms with Crippen molar-refractivity contribution in [2.45, 2.75) is 13.1 Å². The van der Waals surface area contributed by atoms with E-state index in [9.17, 15) is 9.90 Å². The average molecular weight is 331 g/mol. The molecular formula is C22H21NO2. The van der Waals surface area contributed by atoms with Gasteiger partial charge in [0.25, 0.3) is 0 Å². The van der Waals surface area contributed by atoms with Gasteiger partial charge in [-0.1, -0.05) is 84.9 Å². The molecule has 3 aromatic carbocycles. The van der Waals surface area contributed by atoms with Crippen molar-refractivity contribution in [1.29, 1.82) is 0 Å². The largest absolute Gasteiger partial charge is 0.480 e. The van der Waals surface area contributed by atoms with Gasteiger partial charge in [0, 0.05) is 13.1 Å². The van der Waals surface area contributed by atoms with E-state index in [2.05, 4.69) is 36.4 Å². The molecule has 1 N–H and O–H groups in total. The zero-order chi connectivity index (χ0) is 17.5. The molecule has 0 unspecified atom stereocenters. The summed E-state index contributed by atoms with van der Waals surface area (Å²) in [5.74, 6) is -0.808. The number of hydrogen-bond donors (Lipinski definition) is 1. The first-order valence-electron chi connectivity index (χ1n) is 8.33. The maximum atomic E-state index is 11.2. The van der Waals surface area contributed by atoms with Crippen LogP contribution in [0.5, 0.6) is 0 Å². The molecule has 0 heterocycles. The highest BCUT2D eigenvalue weighted by Crippen LogP contribution is 2.20. The number of carboxylic acid groups (broad SMARTS) is 1. The van der Waals surface area contributed by atoms with E-state index in [-0.39, 0.29) is 6.54 Å². The van der Waals surface area contributed by atoms with E-state index in [1.807, 2.05) is 53.4 Å². The fourth-order valence-corrected chi connectivity index (χ4v) is 2.89. The minimum Gasteiger partial charge on any atom is -0.480 e. The van der Waals surface area contributed by atoms with Gasteiger partial charge in [-0.3, -0.25) is 9.69 Å². The van der Waals surface area contributed by atoms with Crippen LogP contribution in [0.15, 0.2) is 84.9 Å². The van der Waals surface area contributed by atoms with Crippen molar-refractivity contribution in [2.75, 3.05) is 6.54 Å². The number of nitrogens with zero attached hydrogens (tertiary/aromatic N) is 1. The van der Waals surface area contributed by atoms with Gasteiger partial charge < -0.3 is 5.11 Å². The molecule has 0 saturated carbocycles. The Kier molecular flexibility index (Phi) is 5.60. The van der Waals surface area contributed by atoms with Crippen molar-refractivity contribution in [1.82, 2.24) is 4.90 Å². The van der Waals surface area contributed by atoms with Gasteiger partial charge in [0.05, 0.1) is 6.54 Å². The summed E-state index contributed by atoms with van der Waals surface area (Å²) in [5.41, 5.74) is 4.57. The van der Waals surface area contributed by atoms with E-state index in [1.165, 1.54) is 5.56 Å². The Labute approximate surface area is 148 Å². The van der Waals surface area contributed by atoms with Crippen LogP contribution in [-0.2, 0) is 17.9 Å². The molecule has 0 aliphatic heterocycles. The molecule has 0 atom stereocenters. The van der Waals surface area contributed by atoms with Crippen LogP contribution in [0.1, 0.15) is 11.1 Å². The highest BCUT2D eigenvalue weighted by Gasteiger charge is 2.11. The Balaban J connectivity index is 1.71. The van der Waals surface area contributed by atoms with E-state index in [0.29, 0.717) is 13.1 Å². The molecule has 0 aliphatic rings. The molecule has 0 amide bonds. The summed E-state index contributed by atoms with van der Waals surface area (Å²) in [6, 6.07) is 28.5. The van der Waals surface area contributed by atoms with Crippen molar-refractivity contribution >= 4 is 5.97 Å². The summed E-state index contributed by atoms with van der Waals surface area (Å²) in [6.45, 7) is 1.25. The van der Waals surface area contributed by atoms with Crippen LogP contribution in [0.3, 0.4) is 0 Å². The van der Waals surface area contributed by atoms with Crippen LogP contribution < -0.4 is 0 Å². The van der Waals surface area contributed by atoms with E-state index < -0.39 is 5.97 Å². The van der Waals surface area contributed by atoms with Gasteiger partial charge in [-0.2, -0.15) is 0 Å². The van der Waals surface area contributed by atoms with Crippen LogP contribution in [0.2, 0.25) is 0 Å².